The molecule has 0 spiro atoms. The summed E-state index contributed by atoms with van der Waals surface area (Å²) in [6.45, 7) is 0. The van der Waals surface area contributed by atoms with Crippen LogP contribution in [0.5, 0.6) is 0 Å². The maximum Gasteiger partial charge on any atom is 0.348 e. The maximum absolute atomic E-state index is 10.0. The van der Waals surface area contributed by atoms with E-state index in [-0.39, 0.29) is 0 Å². The number of carboxylic acids is 2. The molecule has 4 nitrogen and oxygen atoms in total. The molecule has 0 radical (unpaired) electrons. The van der Waals surface area contributed by atoms with Gasteiger partial charge in [-0.1, -0.05) is 11.6 Å². The maximum atomic E-state index is 10.0. The van der Waals surface area contributed by atoms with Crippen molar-refractivity contribution in [1.29, 1.82) is 0 Å². The topological polar surface area (TPSA) is 74.6 Å². The van der Waals surface area contributed by atoms with Gasteiger partial charge in [-0.2, -0.15) is 0 Å². The largest absolute Gasteiger partial charge is 0.477 e. The first-order chi connectivity index (χ1) is 4.46. The van der Waals surface area contributed by atoms with E-state index in [0.29, 0.717) is 0 Å². The third kappa shape index (κ3) is 2.53. The lowest BCUT2D eigenvalue weighted by Crippen LogP contribution is -2.02. The summed E-state index contributed by atoms with van der Waals surface area (Å²) in [5, 5.41) is 15.7. The molecule has 0 bridgehead atoms. The summed E-state index contributed by atoms with van der Waals surface area (Å²) in [4.78, 5) is 20.0. The van der Waals surface area contributed by atoms with Crippen LogP contribution in [0.2, 0.25) is 0 Å². The second-order valence-electron chi connectivity index (χ2n) is 1.24. The molecule has 0 aromatic heterocycles. The lowest BCUT2D eigenvalue weighted by atomic mass is 10.5. The molecule has 10 heavy (non-hydrogen) atoms. The molecule has 0 saturated heterocycles. The van der Waals surface area contributed by atoms with Crippen molar-refractivity contribution in [2.45, 2.75) is 0 Å². The zero-order chi connectivity index (χ0) is 8.31. The van der Waals surface area contributed by atoms with Crippen molar-refractivity contribution in [3.05, 3.63) is 8.61 Å². The Morgan fingerprint density at radius 3 is 1.70 bits per heavy atom. The fraction of sp³-hybridized carbons (Fsp3) is 0. The molecule has 6 heteroatoms. The molecule has 0 fully saturated rings. The van der Waals surface area contributed by atoms with E-state index in [4.69, 9.17) is 21.8 Å². The molecule has 0 aliphatic carbocycles. The summed E-state index contributed by atoms with van der Waals surface area (Å²) in [7, 11) is 0. The molecule has 0 amide bonds. The van der Waals surface area contributed by atoms with Crippen LogP contribution >= 0.6 is 34.2 Å². The molecule has 0 heterocycles. The van der Waals surface area contributed by atoms with E-state index < -0.39 is 20.6 Å². The summed E-state index contributed by atoms with van der Waals surface area (Å²) in [5.74, 6) is -2.78. The van der Waals surface area contributed by atoms with Crippen molar-refractivity contribution in [2.75, 3.05) is 0 Å². The van der Waals surface area contributed by atoms with E-state index in [1.807, 2.05) is 0 Å². The Balaban J connectivity index is 4.67. The minimum absolute atomic E-state index is 0.397. The van der Waals surface area contributed by atoms with Crippen LogP contribution in [0, 0.1) is 0 Å². The lowest BCUT2D eigenvalue weighted by molar-refractivity contribution is -0.134. The molecule has 2 N–H and O–H groups in total. The van der Waals surface area contributed by atoms with Crippen LogP contribution in [0.25, 0.3) is 0 Å². The van der Waals surface area contributed by atoms with Gasteiger partial charge in [0.05, 0.1) is 0 Å². The van der Waals surface area contributed by atoms with E-state index in [1.54, 1.807) is 0 Å². The van der Waals surface area contributed by atoms with Crippen molar-refractivity contribution in [1.82, 2.24) is 0 Å². The second kappa shape index (κ2) is 3.77. The van der Waals surface area contributed by atoms with Gasteiger partial charge in [-0.05, 0) is 22.6 Å². The molecular weight excluding hydrogens is 274 g/mol. The van der Waals surface area contributed by atoms with Crippen LogP contribution < -0.4 is 0 Å². The van der Waals surface area contributed by atoms with Gasteiger partial charge in [0.1, 0.15) is 8.61 Å². The third-order valence-electron chi connectivity index (χ3n) is 0.568. The first-order valence-electron chi connectivity index (χ1n) is 1.98. The highest BCUT2D eigenvalue weighted by Crippen LogP contribution is 2.16. The molecule has 0 saturated carbocycles. The molecule has 0 aromatic rings. The SMILES string of the molecule is O=C(O)/C(Cl)=C(/I)C(=O)O. The highest BCUT2D eigenvalue weighted by molar-refractivity contribution is 14.1. The van der Waals surface area contributed by atoms with Crippen molar-refractivity contribution >= 4 is 46.1 Å². The Morgan fingerprint density at radius 2 is 1.60 bits per heavy atom. The number of halogens is 2. The van der Waals surface area contributed by atoms with Gasteiger partial charge < -0.3 is 10.2 Å². The van der Waals surface area contributed by atoms with Crippen LogP contribution in [0.4, 0.5) is 0 Å². The lowest BCUT2D eigenvalue weighted by Gasteiger charge is -1.91. The number of carbonyl (C=O) groups is 2. The van der Waals surface area contributed by atoms with Gasteiger partial charge in [-0.15, -0.1) is 0 Å². The molecule has 0 aliphatic rings. The van der Waals surface area contributed by atoms with Gasteiger partial charge in [0.25, 0.3) is 0 Å². The monoisotopic (exact) mass is 276 g/mol. The molecule has 0 unspecified atom stereocenters. The Hall–Kier alpha value is -0.300. The Morgan fingerprint density at radius 1 is 1.20 bits per heavy atom. The number of hydrogen-bond acceptors (Lipinski definition) is 2. The van der Waals surface area contributed by atoms with Crippen LogP contribution in [-0.4, -0.2) is 22.2 Å². The van der Waals surface area contributed by atoms with Crippen LogP contribution in [0.15, 0.2) is 8.61 Å². The molecule has 0 atom stereocenters. The summed E-state index contributed by atoms with van der Waals surface area (Å²) in [5.41, 5.74) is 0. The fourth-order valence-corrected chi connectivity index (χ4v) is 0.499. The predicted molar refractivity (Wildman–Crippen MR) is 42.2 cm³/mol. The fourth-order valence-electron chi connectivity index (χ4n) is 0.188. The molecule has 0 aliphatic heterocycles. The molecule has 56 valence electrons. The Kier molecular flexibility index (Phi) is 3.66. The standard InChI is InChI=1S/C4H2ClIO4/c5-1(3(7)8)2(6)4(9)10/h(H,7,8)(H,9,10)/b2-1-. The summed E-state index contributed by atoms with van der Waals surface area (Å²) in [6.07, 6.45) is 0. The predicted octanol–water partition coefficient (Wildman–Crippen LogP) is 1.04. The average Bonchev–Trinajstić information content (AvgIpc) is 1.84. The summed E-state index contributed by atoms with van der Waals surface area (Å²) < 4.78 is -0.397. The first kappa shape index (κ1) is 9.70. The summed E-state index contributed by atoms with van der Waals surface area (Å²) >= 11 is 6.39. The molecule has 0 aromatic carbocycles. The Bertz CT molecular complexity index is 187. The first-order valence-corrected chi connectivity index (χ1v) is 3.44. The average molecular weight is 276 g/mol. The number of hydrogen-bond donors (Lipinski definition) is 2. The number of rotatable bonds is 2. The minimum Gasteiger partial charge on any atom is -0.477 e. The zero-order valence-electron chi connectivity index (χ0n) is 4.47. The van der Waals surface area contributed by atoms with Gasteiger partial charge >= 0.3 is 11.9 Å². The van der Waals surface area contributed by atoms with Crippen LogP contribution in [-0.2, 0) is 9.59 Å². The van der Waals surface area contributed by atoms with Crippen molar-refractivity contribution in [3.8, 4) is 0 Å². The minimum atomic E-state index is -1.44. The van der Waals surface area contributed by atoms with Crippen LogP contribution in [0.3, 0.4) is 0 Å². The zero-order valence-corrected chi connectivity index (χ0v) is 7.38. The molecular formula is C4H2ClIO4. The van der Waals surface area contributed by atoms with Crippen molar-refractivity contribution in [3.63, 3.8) is 0 Å². The highest BCUT2D eigenvalue weighted by Gasteiger charge is 2.14. The van der Waals surface area contributed by atoms with Gasteiger partial charge in [0.15, 0.2) is 0 Å². The number of carboxylic acid groups (broad SMARTS) is 2. The normalized spacial score (nSPS) is 12.2. The third-order valence-corrected chi connectivity index (χ3v) is 2.24. The van der Waals surface area contributed by atoms with E-state index in [9.17, 15) is 9.59 Å². The van der Waals surface area contributed by atoms with E-state index in [2.05, 4.69) is 0 Å². The van der Waals surface area contributed by atoms with Crippen molar-refractivity contribution in [2.24, 2.45) is 0 Å². The van der Waals surface area contributed by atoms with E-state index in [1.165, 1.54) is 22.6 Å². The van der Waals surface area contributed by atoms with E-state index in [0.717, 1.165) is 0 Å². The Labute approximate surface area is 74.6 Å². The quantitative estimate of drug-likeness (QED) is 0.584. The molecule has 0 rings (SSSR count). The van der Waals surface area contributed by atoms with Crippen LogP contribution in [0.1, 0.15) is 0 Å². The van der Waals surface area contributed by atoms with E-state index >= 15 is 0 Å². The van der Waals surface area contributed by atoms with Gasteiger partial charge in [-0.25, -0.2) is 9.59 Å². The highest BCUT2D eigenvalue weighted by atomic mass is 127. The second-order valence-corrected chi connectivity index (χ2v) is 2.69. The summed E-state index contributed by atoms with van der Waals surface area (Å²) in [6, 6.07) is 0. The van der Waals surface area contributed by atoms with Gasteiger partial charge in [-0.3, -0.25) is 0 Å². The number of aliphatic carboxylic acids is 2. The van der Waals surface area contributed by atoms with Crippen molar-refractivity contribution < 1.29 is 19.8 Å². The van der Waals surface area contributed by atoms with Gasteiger partial charge in [0.2, 0.25) is 0 Å². The smallest absolute Gasteiger partial charge is 0.348 e. The van der Waals surface area contributed by atoms with Gasteiger partial charge in [0, 0.05) is 0 Å².